The number of aromatic nitrogens is 4. The van der Waals surface area contributed by atoms with Gasteiger partial charge in [-0.15, -0.1) is 0 Å². The summed E-state index contributed by atoms with van der Waals surface area (Å²) in [6, 6.07) is 19.9. The third-order valence-corrected chi connectivity index (χ3v) is 7.02. The molecular formula is C28H22Cl2N4O3S. The van der Waals surface area contributed by atoms with Crippen LogP contribution in [0.4, 0.5) is 0 Å². The predicted octanol–water partition coefficient (Wildman–Crippen LogP) is 7.53. The van der Waals surface area contributed by atoms with Gasteiger partial charge in [0.05, 0.1) is 21.3 Å². The van der Waals surface area contributed by atoms with E-state index in [2.05, 4.69) is 9.97 Å². The van der Waals surface area contributed by atoms with E-state index in [1.165, 1.54) is 23.9 Å². The normalized spacial score (nSPS) is 11.1. The fourth-order valence-electron chi connectivity index (χ4n) is 3.99. The maximum Gasteiger partial charge on any atom is 0.187 e. The quantitative estimate of drug-likeness (QED) is 0.120. The second-order valence-corrected chi connectivity index (χ2v) is 10.00. The third-order valence-electron chi connectivity index (χ3n) is 5.86. The first kappa shape index (κ1) is 25.9. The first-order chi connectivity index (χ1) is 18.4. The van der Waals surface area contributed by atoms with Crippen molar-refractivity contribution in [3.05, 3.63) is 94.1 Å². The van der Waals surface area contributed by atoms with E-state index < -0.39 is 0 Å². The van der Waals surface area contributed by atoms with Crippen LogP contribution in [0.1, 0.15) is 11.1 Å². The van der Waals surface area contributed by atoms with Crippen molar-refractivity contribution in [1.82, 2.24) is 19.7 Å². The maximum atomic E-state index is 11.5. The van der Waals surface area contributed by atoms with Gasteiger partial charge in [-0.2, -0.15) is 4.73 Å². The zero-order valence-corrected chi connectivity index (χ0v) is 22.7. The lowest BCUT2D eigenvalue weighted by Gasteiger charge is -2.13. The van der Waals surface area contributed by atoms with E-state index in [0.717, 1.165) is 15.9 Å². The molecule has 7 nitrogen and oxygen atoms in total. The number of ether oxygens (including phenoxy) is 1. The van der Waals surface area contributed by atoms with Crippen molar-refractivity contribution in [3.63, 3.8) is 0 Å². The average molecular weight is 565 g/mol. The van der Waals surface area contributed by atoms with Crippen LogP contribution in [0.3, 0.4) is 0 Å². The maximum absolute atomic E-state index is 11.5. The molecule has 3 aromatic carbocycles. The standard InChI is InChI=1S/C28H22Cl2N4O3S/c1-16-8-9-18(12-23(16)37-15-17-6-4-3-5-7-17)26-25(22-10-11-31-28(32-22)38-2)33-27(34(26)36)24-20(29)13-19(35)14-21(24)30/h3-14,35-36H,15H2,1-2H3. The lowest BCUT2D eigenvalue weighted by Crippen LogP contribution is -2.00. The predicted molar refractivity (Wildman–Crippen MR) is 150 cm³/mol. The summed E-state index contributed by atoms with van der Waals surface area (Å²) in [5, 5.41) is 22.2. The van der Waals surface area contributed by atoms with Crippen molar-refractivity contribution in [3.8, 4) is 45.5 Å². The molecule has 10 heteroatoms. The Hall–Kier alpha value is -3.72. The van der Waals surface area contributed by atoms with Gasteiger partial charge in [0, 0.05) is 11.8 Å². The molecule has 2 N–H and O–H groups in total. The molecule has 0 spiro atoms. The molecule has 38 heavy (non-hydrogen) atoms. The van der Waals surface area contributed by atoms with E-state index in [0.29, 0.717) is 40.2 Å². The Morgan fingerprint density at radius 2 is 1.71 bits per heavy atom. The van der Waals surface area contributed by atoms with E-state index in [9.17, 15) is 10.3 Å². The zero-order chi connectivity index (χ0) is 26.8. The van der Waals surface area contributed by atoms with E-state index >= 15 is 0 Å². The fourth-order valence-corrected chi connectivity index (χ4v) is 4.99. The highest BCUT2D eigenvalue weighted by molar-refractivity contribution is 7.98. The number of aryl methyl sites for hydroxylation is 1. The number of imidazole rings is 1. The molecule has 2 heterocycles. The van der Waals surface area contributed by atoms with Crippen LogP contribution in [0.15, 0.2) is 78.1 Å². The van der Waals surface area contributed by atoms with Crippen LogP contribution in [0.5, 0.6) is 11.5 Å². The Morgan fingerprint density at radius 1 is 0.974 bits per heavy atom. The highest BCUT2D eigenvalue weighted by atomic mass is 35.5. The molecule has 192 valence electrons. The van der Waals surface area contributed by atoms with Gasteiger partial charge in [-0.25, -0.2) is 15.0 Å². The molecule has 0 bridgehead atoms. The third kappa shape index (κ3) is 5.15. The van der Waals surface area contributed by atoms with Crippen LogP contribution in [0, 0.1) is 6.92 Å². The second kappa shape index (κ2) is 10.9. The SMILES string of the molecule is CSc1nccc(-c2nc(-c3c(Cl)cc(O)cc3Cl)n(O)c2-c2ccc(C)c(OCc3ccccc3)c2)n1. The van der Waals surface area contributed by atoms with E-state index in [4.69, 9.17) is 32.9 Å². The summed E-state index contributed by atoms with van der Waals surface area (Å²) in [7, 11) is 0. The van der Waals surface area contributed by atoms with Crippen molar-refractivity contribution in [1.29, 1.82) is 0 Å². The van der Waals surface area contributed by atoms with Crippen molar-refractivity contribution < 1.29 is 15.1 Å². The molecule has 0 atom stereocenters. The van der Waals surface area contributed by atoms with Gasteiger partial charge in [0.25, 0.3) is 0 Å². The Kier molecular flexibility index (Phi) is 7.46. The van der Waals surface area contributed by atoms with Crippen LogP contribution >= 0.6 is 35.0 Å². The minimum atomic E-state index is -0.0978. The lowest BCUT2D eigenvalue weighted by atomic mass is 10.1. The summed E-state index contributed by atoms with van der Waals surface area (Å²) in [6.07, 6.45) is 3.51. The average Bonchev–Trinajstić information content (AvgIpc) is 3.25. The van der Waals surface area contributed by atoms with E-state index in [1.807, 2.05) is 61.7 Å². The Labute approximate surface area is 233 Å². The van der Waals surface area contributed by atoms with Gasteiger partial charge in [-0.1, -0.05) is 77.4 Å². The molecule has 0 aliphatic rings. The van der Waals surface area contributed by atoms with Gasteiger partial charge in [0.1, 0.15) is 29.5 Å². The topological polar surface area (TPSA) is 93.3 Å². The number of benzene rings is 3. The lowest BCUT2D eigenvalue weighted by molar-refractivity contribution is 0.195. The Bertz CT molecular complexity index is 1600. The smallest absolute Gasteiger partial charge is 0.187 e. The summed E-state index contributed by atoms with van der Waals surface area (Å²) >= 11 is 14.3. The molecule has 0 aliphatic heterocycles. The monoisotopic (exact) mass is 564 g/mol. The Balaban J connectivity index is 1.67. The summed E-state index contributed by atoms with van der Waals surface area (Å²) in [4.78, 5) is 13.6. The highest BCUT2D eigenvalue weighted by Gasteiger charge is 2.26. The van der Waals surface area contributed by atoms with Crippen molar-refractivity contribution >= 4 is 35.0 Å². The fraction of sp³-hybridized carbons (Fsp3) is 0.107. The van der Waals surface area contributed by atoms with Crippen molar-refractivity contribution in [2.45, 2.75) is 18.7 Å². The van der Waals surface area contributed by atoms with Gasteiger partial charge < -0.3 is 15.1 Å². The Morgan fingerprint density at radius 3 is 2.42 bits per heavy atom. The summed E-state index contributed by atoms with van der Waals surface area (Å²) in [5.41, 5.74) is 4.17. The van der Waals surface area contributed by atoms with E-state index in [-0.39, 0.29) is 27.2 Å². The molecule has 0 fully saturated rings. The molecule has 2 aromatic heterocycles. The van der Waals surface area contributed by atoms with Crippen LogP contribution < -0.4 is 4.74 Å². The van der Waals surface area contributed by atoms with Crippen LogP contribution in [-0.4, -0.2) is 36.3 Å². The number of thioether (sulfide) groups is 1. The first-order valence-corrected chi connectivity index (χ1v) is 13.5. The molecule has 0 unspecified atom stereocenters. The van der Waals surface area contributed by atoms with Gasteiger partial charge in [-0.3, -0.25) is 0 Å². The largest absolute Gasteiger partial charge is 0.508 e. The van der Waals surface area contributed by atoms with E-state index in [1.54, 1.807) is 12.3 Å². The number of hydrogen-bond donors (Lipinski definition) is 2. The molecule has 0 radical (unpaired) electrons. The molecule has 5 aromatic rings. The van der Waals surface area contributed by atoms with Crippen LogP contribution in [0.2, 0.25) is 10.0 Å². The number of phenolic OH excluding ortho intramolecular Hbond substituents is 1. The molecule has 5 rings (SSSR count). The van der Waals surface area contributed by atoms with Gasteiger partial charge in [0.15, 0.2) is 11.0 Å². The first-order valence-electron chi connectivity index (χ1n) is 11.5. The molecule has 0 amide bonds. The summed E-state index contributed by atoms with van der Waals surface area (Å²) < 4.78 is 7.08. The van der Waals surface area contributed by atoms with Gasteiger partial charge in [-0.05, 0) is 48.6 Å². The van der Waals surface area contributed by atoms with Crippen LogP contribution in [0.25, 0.3) is 34.0 Å². The minimum absolute atomic E-state index is 0.0978. The number of hydrogen-bond acceptors (Lipinski definition) is 7. The number of phenols is 1. The van der Waals surface area contributed by atoms with Gasteiger partial charge >= 0.3 is 0 Å². The summed E-state index contributed by atoms with van der Waals surface area (Å²) in [5.74, 6) is 0.661. The molecule has 0 saturated carbocycles. The molecule has 0 saturated heterocycles. The summed E-state index contributed by atoms with van der Waals surface area (Å²) in [6.45, 7) is 2.35. The second-order valence-electron chi connectivity index (χ2n) is 8.41. The molecule has 0 aliphatic carbocycles. The van der Waals surface area contributed by atoms with Crippen LogP contribution in [-0.2, 0) is 6.61 Å². The van der Waals surface area contributed by atoms with Gasteiger partial charge in [0.2, 0.25) is 0 Å². The number of nitrogens with zero attached hydrogens (tertiary/aromatic N) is 4. The number of rotatable bonds is 7. The zero-order valence-electron chi connectivity index (χ0n) is 20.4. The highest BCUT2D eigenvalue weighted by Crippen LogP contribution is 2.42. The van der Waals surface area contributed by atoms with Crippen molar-refractivity contribution in [2.24, 2.45) is 0 Å². The van der Waals surface area contributed by atoms with Crippen molar-refractivity contribution in [2.75, 3.05) is 6.26 Å². The molecular weight excluding hydrogens is 543 g/mol. The number of halogens is 2. The minimum Gasteiger partial charge on any atom is -0.508 e. The number of aromatic hydroxyl groups is 1.